The quantitative estimate of drug-likeness (QED) is 0.857. The first-order valence-electron chi connectivity index (χ1n) is 6.99. The Morgan fingerprint density at radius 3 is 2.38 bits per heavy atom. The zero-order valence-corrected chi connectivity index (χ0v) is 12.6. The predicted molar refractivity (Wildman–Crippen MR) is 78.6 cm³/mol. The summed E-state index contributed by atoms with van der Waals surface area (Å²) < 4.78 is 46.5. The predicted octanol–water partition coefficient (Wildman–Crippen LogP) is 4.08. The minimum absolute atomic E-state index is 0.283. The third kappa shape index (κ3) is 4.87. The molecule has 0 atom stereocenters. The summed E-state index contributed by atoms with van der Waals surface area (Å²) in [6.45, 7) is 0.443. The number of benzene rings is 1. The van der Waals surface area contributed by atoms with E-state index in [0.717, 1.165) is 24.1 Å². The molecule has 1 N–H and O–H groups in total. The van der Waals surface area contributed by atoms with E-state index in [1.165, 1.54) is 0 Å². The molecule has 1 heterocycles. The molecular formula is C16H14F3NO4. The summed E-state index contributed by atoms with van der Waals surface area (Å²) in [6, 6.07) is 8.95. The van der Waals surface area contributed by atoms with Gasteiger partial charge >= 0.3 is 12.1 Å². The number of pyridine rings is 1. The van der Waals surface area contributed by atoms with Crippen molar-refractivity contribution in [3.63, 3.8) is 0 Å². The molecule has 8 heteroatoms. The van der Waals surface area contributed by atoms with E-state index in [-0.39, 0.29) is 17.3 Å². The topological polar surface area (TPSA) is 68.7 Å². The summed E-state index contributed by atoms with van der Waals surface area (Å²) in [4.78, 5) is 14.9. The maximum absolute atomic E-state index is 12.2. The second-order valence-electron chi connectivity index (χ2n) is 4.81. The molecule has 0 saturated carbocycles. The van der Waals surface area contributed by atoms with E-state index in [1.54, 1.807) is 24.3 Å². The minimum Gasteiger partial charge on any atom is -0.477 e. The number of halogens is 3. The highest BCUT2D eigenvalue weighted by atomic mass is 19.4. The number of aromatic nitrogens is 1. The normalized spacial score (nSPS) is 11.2. The van der Waals surface area contributed by atoms with Gasteiger partial charge in [-0.25, -0.2) is 4.79 Å². The van der Waals surface area contributed by atoms with Crippen molar-refractivity contribution < 1.29 is 32.5 Å². The van der Waals surface area contributed by atoms with Crippen LogP contribution in [0.1, 0.15) is 22.8 Å². The Balaban J connectivity index is 2.25. The Bertz CT molecular complexity index is 714. The molecular weight excluding hydrogens is 327 g/mol. The van der Waals surface area contributed by atoms with Gasteiger partial charge in [-0.3, -0.25) is 0 Å². The number of hydrogen-bond acceptors (Lipinski definition) is 4. The highest BCUT2D eigenvalue weighted by Crippen LogP contribution is 2.27. The van der Waals surface area contributed by atoms with Crippen molar-refractivity contribution in [3.8, 4) is 17.5 Å². The zero-order chi connectivity index (χ0) is 17.7. The molecule has 128 valence electrons. The number of carboxylic acids is 1. The second kappa shape index (κ2) is 7.20. The Morgan fingerprint density at radius 2 is 1.83 bits per heavy atom. The Kier molecular flexibility index (Phi) is 5.28. The number of ether oxygens (including phenoxy) is 2. The molecule has 1 aromatic carbocycles. The summed E-state index contributed by atoms with van der Waals surface area (Å²) in [5.41, 5.74) is 0.768. The lowest BCUT2D eigenvalue weighted by atomic mass is 10.2. The molecule has 0 spiro atoms. The van der Waals surface area contributed by atoms with Crippen LogP contribution in [0, 0.1) is 0 Å². The molecule has 0 aliphatic rings. The second-order valence-corrected chi connectivity index (χ2v) is 4.81. The van der Waals surface area contributed by atoms with Crippen molar-refractivity contribution in [2.75, 3.05) is 6.61 Å². The number of aromatic carboxylic acids is 1. The summed E-state index contributed by atoms with van der Waals surface area (Å²) >= 11 is 0. The number of rotatable bonds is 6. The minimum atomic E-state index is -4.52. The molecule has 24 heavy (non-hydrogen) atoms. The van der Waals surface area contributed by atoms with E-state index in [0.29, 0.717) is 5.75 Å². The third-order valence-corrected chi connectivity index (χ3v) is 2.99. The van der Waals surface area contributed by atoms with E-state index in [1.807, 2.05) is 6.92 Å². The third-order valence-electron chi connectivity index (χ3n) is 2.99. The number of nitrogens with zero attached hydrogens (tertiary/aromatic N) is 1. The van der Waals surface area contributed by atoms with Crippen LogP contribution in [0.5, 0.6) is 17.5 Å². The number of hydrogen-bond donors (Lipinski definition) is 1. The Hall–Kier alpha value is -2.77. The molecule has 5 nitrogen and oxygen atoms in total. The van der Waals surface area contributed by atoms with Crippen LogP contribution in [-0.2, 0) is 6.42 Å². The van der Waals surface area contributed by atoms with Gasteiger partial charge in [0.2, 0.25) is 11.8 Å². The molecule has 0 aliphatic carbocycles. The summed E-state index contributed by atoms with van der Waals surface area (Å²) in [7, 11) is 0. The van der Waals surface area contributed by atoms with Crippen LogP contribution in [0.4, 0.5) is 13.2 Å². The Morgan fingerprint density at radius 1 is 1.17 bits per heavy atom. The van der Waals surface area contributed by atoms with Crippen LogP contribution in [0.3, 0.4) is 0 Å². The van der Waals surface area contributed by atoms with Gasteiger partial charge in [0.15, 0.2) is 6.61 Å². The van der Waals surface area contributed by atoms with Gasteiger partial charge < -0.3 is 14.6 Å². The van der Waals surface area contributed by atoms with E-state index < -0.39 is 18.8 Å². The maximum atomic E-state index is 12.2. The fraction of sp³-hybridized carbons (Fsp3) is 0.250. The first-order chi connectivity index (χ1) is 11.3. The van der Waals surface area contributed by atoms with Crippen LogP contribution in [0.25, 0.3) is 0 Å². The van der Waals surface area contributed by atoms with Gasteiger partial charge in [-0.05, 0) is 30.2 Å². The lowest BCUT2D eigenvalue weighted by molar-refractivity contribution is -0.154. The average Bonchev–Trinajstić information content (AvgIpc) is 2.53. The summed E-state index contributed by atoms with van der Waals surface area (Å²) in [5, 5.41) is 9.14. The summed E-state index contributed by atoms with van der Waals surface area (Å²) in [5.74, 6) is -1.72. The van der Waals surface area contributed by atoms with Gasteiger partial charge in [0, 0.05) is 6.07 Å². The average molecular weight is 341 g/mol. The van der Waals surface area contributed by atoms with E-state index in [4.69, 9.17) is 9.84 Å². The SMILES string of the molecule is CCc1ccc(Oc2nc(OCC(F)(F)F)ccc2C(=O)O)cc1. The van der Waals surface area contributed by atoms with Crippen LogP contribution in [-0.4, -0.2) is 28.8 Å². The van der Waals surface area contributed by atoms with Crippen molar-refractivity contribution in [3.05, 3.63) is 47.5 Å². The fourth-order valence-corrected chi connectivity index (χ4v) is 1.81. The van der Waals surface area contributed by atoms with Gasteiger partial charge in [-0.2, -0.15) is 18.2 Å². The van der Waals surface area contributed by atoms with Gasteiger partial charge in [0.05, 0.1) is 0 Å². The molecule has 0 saturated heterocycles. The largest absolute Gasteiger partial charge is 0.477 e. The lowest BCUT2D eigenvalue weighted by Crippen LogP contribution is -2.19. The van der Waals surface area contributed by atoms with Crippen LogP contribution >= 0.6 is 0 Å². The zero-order valence-electron chi connectivity index (χ0n) is 12.6. The number of alkyl halides is 3. The maximum Gasteiger partial charge on any atom is 0.422 e. The van der Waals surface area contributed by atoms with Crippen molar-refractivity contribution in [1.29, 1.82) is 0 Å². The van der Waals surface area contributed by atoms with E-state index >= 15 is 0 Å². The lowest BCUT2D eigenvalue weighted by Gasteiger charge is -2.12. The molecule has 0 aliphatic heterocycles. The number of carbonyl (C=O) groups is 1. The first-order valence-corrected chi connectivity index (χ1v) is 6.99. The molecule has 0 fully saturated rings. The smallest absolute Gasteiger partial charge is 0.422 e. The standard InChI is InChI=1S/C16H14F3NO4/c1-2-10-3-5-11(6-4-10)24-14-12(15(21)22)7-8-13(20-14)23-9-16(17,18)19/h3-8H,2,9H2,1H3,(H,21,22). The van der Waals surface area contributed by atoms with Crippen LogP contribution in [0.2, 0.25) is 0 Å². The van der Waals surface area contributed by atoms with Gasteiger partial charge in [0.1, 0.15) is 11.3 Å². The Labute approximate surface area is 135 Å². The van der Waals surface area contributed by atoms with E-state index in [2.05, 4.69) is 9.72 Å². The first kappa shape index (κ1) is 17.6. The van der Waals surface area contributed by atoms with Crippen molar-refractivity contribution in [2.45, 2.75) is 19.5 Å². The highest BCUT2D eigenvalue weighted by Gasteiger charge is 2.29. The molecule has 2 rings (SSSR count). The van der Waals surface area contributed by atoms with Crippen LogP contribution in [0.15, 0.2) is 36.4 Å². The van der Waals surface area contributed by atoms with Crippen LogP contribution < -0.4 is 9.47 Å². The monoisotopic (exact) mass is 341 g/mol. The molecule has 2 aromatic rings. The number of carboxylic acid groups (broad SMARTS) is 1. The molecule has 0 radical (unpaired) electrons. The van der Waals surface area contributed by atoms with Crippen molar-refractivity contribution in [2.24, 2.45) is 0 Å². The van der Waals surface area contributed by atoms with Gasteiger partial charge in [-0.15, -0.1) is 0 Å². The van der Waals surface area contributed by atoms with E-state index in [9.17, 15) is 18.0 Å². The fourth-order valence-electron chi connectivity index (χ4n) is 1.81. The molecule has 0 bridgehead atoms. The highest BCUT2D eigenvalue weighted by molar-refractivity contribution is 5.90. The number of aryl methyl sites for hydroxylation is 1. The van der Waals surface area contributed by atoms with Crippen molar-refractivity contribution in [1.82, 2.24) is 4.98 Å². The molecule has 0 unspecified atom stereocenters. The van der Waals surface area contributed by atoms with Gasteiger partial charge in [0.25, 0.3) is 0 Å². The van der Waals surface area contributed by atoms with Crippen molar-refractivity contribution >= 4 is 5.97 Å². The molecule has 1 aromatic heterocycles. The van der Waals surface area contributed by atoms with Gasteiger partial charge in [-0.1, -0.05) is 19.1 Å². The molecule has 0 amide bonds. The summed E-state index contributed by atoms with van der Waals surface area (Å²) in [6.07, 6.45) is -3.70.